The van der Waals surface area contributed by atoms with E-state index in [1.165, 1.54) is 11.8 Å². The van der Waals surface area contributed by atoms with Gasteiger partial charge in [-0.2, -0.15) is 11.8 Å². The minimum Gasteiger partial charge on any atom is -0.480 e. The highest BCUT2D eigenvalue weighted by Gasteiger charge is 2.10. The molecule has 0 heterocycles. The Morgan fingerprint density at radius 3 is 2.73 bits per heavy atom. The van der Waals surface area contributed by atoms with E-state index in [2.05, 4.69) is 5.32 Å². The van der Waals surface area contributed by atoms with E-state index in [0.717, 1.165) is 6.42 Å². The molecule has 0 aromatic carbocycles. The molecule has 0 aliphatic rings. The van der Waals surface area contributed by atoms with Crippen LogP contribution in [0.1, 0.15) is 19.8 Å². The molecule has 15 heavy (non-hydrogen) atoms. The fraction of sp³-hybridized carbons (Fsp3) is 0.778. The van der Waals surface area contributed by atoms with Gasteiger partial charge in [0.25, 0.3) is 0 Å². The van der Waals surface area contributed by atoms with Crippen LogP contribution in [0.25, 0.3) is 0 Å². The number of hydrogen-bond acceptors (Lipinski definition) is 4. The van der Waals surface area contributed by atoms with Crippen molar-refractivity contribution in [2.45, 2.75) is 25.8 Å². The first kappa shape index (κ1) is 14.2. The van der Waals surface area contributed by atoms with Crippen molar-refractivity contribution >= 4 is 23.6 Å². The molecule has 4 N–H and O–H groups in total. The van der Waals surface area contributed by atoms with Gasteiger partial charge in [-0.1, -0.05) is 6.92 Å². The Balaban J connectivity index is 3.38. The molecular formula is C9H18N2O3S. The van der Waals surface area contributed by atoms with Crippen molar-refractivity contribution in [3.63, 3.8) is 0 Å². The fourth-order valence-corrected chi connectivity index (χ4v) is 1.67. The average molecular weight is 234 g/mol. The van der Waals surface area contributed by atoms with Crippen LogP contribution in [0.3, 0.4) is 0 Å². The molecule has 0 bridgehead atoms. The smallest absolute Gasteiger partial charge is 0.320 e. The summed E-state index contributed by atoms with van der Waals surface area (Å²) in [7, 11) is 0. The number of carbonyl (C=O) groups excluding carboxylic acids is 1. The van der Waals surface area contributed by atoms with Gasteiger partial charge in [-0.15, -0.1) is 0 Å². The van der Waals surface area contributed by atoms with Gasteiger partial charge in [0.2, 0.25) is 5.91 Å². The van der Waals surface area contributed by atoms with E-state index < -0.39 is 12.0 Å². The van der Waals surface area contributed by atoms with Gasteiger partial charge < -0.3 is 16.2 Å². The van der Waals surface area contributed by atoms with Crippen LogP contribution in [0.15, 0.2) is 0 Å². The predicted molar refractivity (Wildman–Crippen MR) is 60.9 cm³/mol. The van der Waals surface area contributed by atoms with E-state index in [0.29, 0.717) is 24.5 Å². The maximum atomic E-state index is 11.1. The molecule has 0 saturated carbocycles. The predicted octanol–water partition coefficient (Wildman–Crippen LogP) is 0.0478. The minimum atomic E-state index is -0.994. The summed E-state index contributed by atoms with van der Waals surface area (Å²) < 4.78 is 0. The van der Waals surface area contributed by atoms with Gasteiger partial charge in [0, 0.05) is 6.54 Å². The Morgan fingerprint density at radius 1 is 1.53 bits per heavy atom. The van der Waals surface area contributed by atoms with Crippen LogP contribution in [-0.2, 0) is 9.59 Å². The van der Waals surface area contributed by atoms with Gasteiger partial charge in [-0.05, 0) is 18.6 Å². The molecule has 1 unspecified atom stereocenters. The SMILES string of the molecule is CCCNC(=O)CSCCC(N)C(=O)O. The van der Waals surface area contributed by atoms with Gasteiger partial charge >= 0.3 is 5.97 Å². The lowest BCUT2D eigenvalue weighted by Crippen LogP contribution is -2.31. The quantitative estimate of drug-likeness (QED) is 0.516. The lowest BCUT2D eigenvalue weighted by atomic mass is 10.2. The average Bonchev–Trinajstić information content (AvgIpc) is 2.20. The molecule has 0 aliphatic heterocycles. The summed E-state index contributed by atoms with van der Waals surface area (Å²) >= 11 is 1.40. The van der Waals surface area contributed by atoms with Crippen molar-refractivity contribution in [2.75, 3.05) is 18.1 Å². The zero-order valence-electron chi connectivity index (χ0n) is 8.86. The third-order valence-corrected chi connectivity index (χ3v) is 2.69. The number of rotatable bonds is 8. The molecule has 0 saturated heterocycles. The number of amides is 1. The number of hydrogen-bond donors (Lipinski definition) is 3. The first-order valence-electron chi connectivity index (χ1n) is 4.90. The zero-order chi connectivity index (χ0) is 11.7. The van der Waals surface area contributed by atoms with Crippen LogP contribution < -0.4 is 11.1 Å². The number of nitrogens with one attached hydrogen (secondary N) is 1. The van der Waals surface area contributed by atoms with Gasteiger partial charge in [0.05, 0.1) is 5.75 Å². The summed E-state index contributed by atoms with van der Waals surface area (Å²) in [4.78, 5) is 21.5. The first-order chi connectivity index (χ1) is 7.07. The molecule has 1 amide bonds. The summed E-state index contributed by atoms with van der Waals surface area (Å²) in [6.07, 6.45) is 1.31. The van der Waals surface area contributed by atoms with Crippen molar-refractivity contribution in [1.29, 1.82) is 0 Å². The molecule has 88 valence electrons. The Labute approximate surface area is 93.8 Å². The highest BCUT2D eigenvalue weighted by atomic mass is 32.2. The Morgan fingerprint density at radius 2 is 2.20 bits per heavy atom. The lowest BCUT2D eigenvalue weighted by molar-refractivity contribution is -0.138. The maximum absolute atomic E-state index is 11.1. The van der Waals surface area contributed by atoms with Crippen LogP contribution in [0.4, 0.5) is 0 Å². The van der Waals surface area contributed by atoms with Crippen molar-refractivity contribution in [3.8, 4) is 0 Å². The zero-order valence-corrected chi connectivity index (χ0v) is 9.68. The second-order valence-electron chi connectivity index (χ2n) is 3.14. The molecule has 0 aliphatic carbocycles. The lowest BCUT2D eigenvalue weighted by Gasteiger charge is -2.06. The van der Waals surface area contributed by atoms with Crippen molar-refractivity contribution in [1.82, 2.24) is 5.32 Å². The van der Waals surface area contributed by atoms with E-state index in [4.69, 9.17) is 10.8 Å². The third kappa shape index (κ3) is 8.26. The second kappa shape index (κ2) is 8.55. The molecule has 1 atom stereocenters. The van der Waals surface area contributed by atoms with Gasteiger partial charge in [-0.25, -0.2) is 0 Å². The van der Waals surface area contributed by atoms with Crippen LogP contribution in [-0.4, -0.2) is 41.1 Å². The summed E-state index contributed by atoms with van der Waals surface area (Å²) in [6, 6.07) is -0.823. The third-order valence-electron chi connectivity index (χ3n) is 1.70. The van der Waals surface area contributed by atoms with Gasteiger partial charge in [0.15, 0.2) is 0 Å². The number of nitrogens with two attached hydrogens (primary N) is 1. The van der Waals surface area contributed by atoms with Crippen molar-refractivity contribution in [2.24, 2.45) is 5.73 Å². The van der Waals surface area contributed by atoms with Crippen molar-refractivity contribution in [3.05, 3.63) is 0 Å². The number of carboxylic acids is 1. The fourth-order valence-electron chi connectivity index (χ4n) is 0.814. The van der Waals surface area contributed by atoms with Crippen LogP contribution in [0, 0.1) is 0 Å². The molecule has 0 radical (unpaired) electrons. The van der Waals surface area contributed by atoms with Gasteiger partial charge in [0.1, 0.15) is 6.04 Å². The Kier molecular flexibility index (Phi) is 8.12. The highest BCUT2D eigenvalue weighted by Crippen LogP contribution is 2.03. The van der Waals surface area contributed by atoms with Crippen LogP contribution in [0.2, 0.25) is 0 Å². The van der Waals surface area contributed by atoms with E-state index in [1.54, 1.807) is 0 Å². The first-order valence-corrected chi connectivity index (χ1v) is 6.06. The number of aliphatic carboxylic acids is 1. The number of carbonyl (C=O) groups is 2. The topological polar surface area (TPSA) is 92.4 Å². The molecule has 0 aromatic rings. The van der Waals surface area contributed by atoms with Gasteiger partial charge in [-0.3, -0.25) is 9.59 Å². The molecule has 0 rings (SSSR count). The number of carboxylic acid groups (broad SMARTS) is 1. The van der Waals surface area contributed by atoms with E-state index >= 15 is 0 Å². The molecular weight excluding hydrogens is 216 g/mol. The molecule has 5 nitrogen and oxygen atoms in total. The standard InChI is InChI=1S/C9H18N2O3S/c1-2-4-11-8(12)6-15-5-3-7(10)9(13)14/h7H,2-6,10H2,1H3,(H,11,12)(H,13,14). The van der Waals surface area contributed by atoms with Crippen molar-refractivity contribution < 1.29 is 14.7 Å². The number of thioether (sulfide) groups is 1. The van der Waals surface area contributed by atoms with Crippen LogP contribution in [0.5, 0.6) is 0 Å². The Bertz CT molecular complexity index is 212. The molecule has 0 aromatic heterocycles. The van der Waals surface area contributed by atoms with E-state index in [9.17, 15) is 9.59 Å². The monoisotopic (exact) mass is 234 g/mol. The Hall–Kier alpha value is -0.750. The summed E-state index contributed by atoms with van der Waals surface area (Å²) in [5.41, 5.74) is 5.30. The van der Waals surface area contributed by atoms with Crippen LogP contribution >= 0.6 is 11.8 Å². The molecule has 0 fully saturated rings. The summed E-state index contributed by atoms with van der Waals surface area (Å²) in [6.45, 7) is 2.67. The summed E-state index contributed by atoms with van der Waals surface area (Å²) in [5.74, 6) is -0.0453. The minimum absolute atomic E-state index is 0.00857. The normalized spacial score (nSPS) is 12.1. The highest BCUT2D eigenvalue weighted by molar-refractivity contribution is 7.99. The largest absolute Gasteiger partial charge is 0.480 e. The molecule has 6 heteroatoms. The summed E-state index contributed by atoms with van der Waals surface area (Å²) in [5, 5.41) is 11.2. The van der Waals surface area contributed by atoms with E-state index in [-0.39, 0.29) is 5.91 Å². The second-order valence-corrected chi connectivity index (χ2v) is 4.24. The van der Waals surface area contributed by atoms with E-state index in [1.807, 2.05) is 6.92 Å². The maximum Gasteiger partial charge on any atom is 0.320 e. The molecule has 0 spiro atoms.